The van der Waals surface area contributed by atoms with Crippen molar-refractivity contribution < 1.29 is 14.6 Å². The van der Waals surface area contributed by atoms with Crippen LogP contribution in [0.5, 0.6) is 0 Å². The Morgan fingerprint density at radius 3 is 2.09 bits per heavy atom. The summed E-state index contributed by atoms with van der Waals surface area (Å²) in [4.78, 5) is 22.9. The molecule has 0 aliphatic carbocycles. The number of hydrogen-bond acceptors (Lipinski definition) is 3. The van der Waals surface area contributed by atoms with E-state index in [0.29, 0.717) is 17.7 Å². The fraction of sp³-hybridized carbons (Fsp3) is 0.350. The minimum atomic E-state index is -0.314. The standard InChI is InChI=1S/C20H24O3/c1-15(14-22-23-20(2,3)4)16-10-12-18(13-11-16)19(21)17-8-6-5-7-9-17/h5-13,15H,14H2,1-4H3. The van der Waals surface area contributed by atoms with Crippen molar-refractivity contribution in [2.45, 2.75) is 39.2 Å². The van der Waals surface area contributed by atoms with E-state index >= 15 is 0 Å². The van der Waals surface area contributed by atoms with E-state index in [2.05, 4.69) is 6.92 Å². The minimum absolute atomic E-state index is 0.0390. The fourth-order valence-electron chi connectivity index (χ4n) is 2.13. The topological polar surface area (TPSA) is 35.5 Å². The largest absolute Gasteiger partial charge is 0.289 e. The van der Waals surface area contributed by atoms with Gasteiger partial charge in [-0.1, -0.05) is 61.5 Å². The Morgan fingerprint density at radius 1 is 0.957 bits per heavy atom. The number of benzene rings is 2. The summed E-state index contributed by atoms with van der Waals surface area (Å²) in [5, 5.41) is 0. The molecule has 23 heavy (non-hydrogen) atoms. The Hall–Kier alpha value is -1.97. The van der Waals surface area contributed by atoms with Crippen LogP contribution in [0.1, 0.15) is 55.1 Å². The van der Waals surface area contributed by atoms with Crippen molar-refractivity contribution in [3.05, 3.63) is 71.3 Å². The van der Waals surface area contributed by atoms with E-state index < -0.39 is 0 Å². The van der Waals surface area contributed by atoms with E-state index in [1.807, 2.05) is 75.4 Å². The average molecular weight is 312 g/mol. The highest BCUT2D eigenvalue weighted by atomic mass is 17.2. The Bertz CT molecular complexity index is 624. The summed E-state index contributed by atoms with van der Waals surface area (Å²) in [5.41, 5.74) is 2.20. The van der Waals surface area contributed by atoms with E-state index in [1.54, 1.807) is 0 Å². The molecule has 122 valence electrons. The molecule has 0 bridgehead atoms. The van der Waals surface area contributed by atoms with Gasteiger partial charge in [0, 0.05) is 17.0 Å². The van der Waals surface area contributed by atoms with Gasteiger partial charge in [-0.2, -0.15) is 0 Å². The zero-order chi connectivity index (χ0) is 16.9. The highest BCUT2D eigenvalue weighted by Gasteiger charge is 2.14. The molecule has 1 unspecified atom stereocenters. The zero-order valence-corrected chi connectivity index (χ0v) is 14.2. The number of carbonyl (C=O) groups excluding carboxylic acids is 1. The van der Waals surface area contributed by atoms with Crippen LogP contribution in [0.4, 0.5) is 0 Å². The van der Waals surface area contributed by atoms with Crippen LogP contribution in [-0.4, -0.2) is 18.0 Å². The van der Waals surface area contributed by atoms with Crippen molar-refractivity contribution in [3.8, 4) is 0 Å². The predicted octanol–water partition coefficient (Wildman–Crippen LogP) is 4.77. The van der Waals surface area contributed by atoms with Crippen LogP contribution in [0.2, 0.25) is 0 Å². The fourth-order valence-corrected chi connectivity index (χ4v) is 2.13. The Morgan fingerprint density at radius 2 is 1.52 bits per heavy atom. The van der Waals surface area contributed by atoms with Gasteiger partial charge in [0.2, 0.25) is 0 Å². The molecule has 0 aliphatic heterocycles. The molecule has 0 fully saturated rings. The van der Waals surface area contributed by atoms with Crippen LogP contribution < -0.4 is 0 Å². The summed E-state index contributed by atoms with van der Waals surface area (Å²) >= 11 is 0. The van der Waals surface area contributed by atoms with Crippen molar-refractivity contribution in [2.24, 2.45) is 0 Å². The third-order valence-corrected chi connectivity index (χ3v) is 3.40. The average Bonchev–Trinajstić information content (AvgIpc) is 2.54. The van der Waals surface area contributed by atoms with Gasteiger partial charge in [-0.15, -0.1) is 0 Å². The Labute approximate surface area is 138 Å². The second-order valence-corrected chi connectivity index (χ2v) is 6.70. The second kappa shape index (κ2) is 7.53. The monoisotopic (exact) mass is 312 g/mol. The number of rotatable bonds is 6. The Balaban J connectivity index is 1.98. The third-order valence-electron chi connectivity index (χ3n) is 3.40. The van der Waals surface area contributed by atoms with Gasteiger partial charge in [-0.3, -0.25) is 4.79 Å². The van der Waals surface area contributed by atoms with Gasteiger partial charge in [0.1, 0.15) is 0 Å². The SMILES string of the molecule is CC(COOC(C)(C)C)c1ccc(C(=O)c2ccccc2)cc1. The molecule has 0 heterocycles. The summed E-state index contributed by atoms with van der Waals surface area (Å²) in [7, 11) is 0. The lowest BCUT2D eigenvalue weighted by Gasteiger charge is -2.19. The van der Waals surface area contributed by atoms with Crippen LogP contribution in [-0.2, 0) is 9.78 Å². The molecule has 0 saturated carbocycles. The molecular weight excluding hydrogens is 288 g/mol. The molecule has 3 heteroatoms. The van der Waals surface area contributed by atoms with Crippen LogP contribution >= 0.6 is 0 Å². The first-order chi connectivity index (χ1) is 10.9. The highest BCUT2D eigenvalue weighted by Crippen LogP contribution is 2.19. The summed E-state index contributed by atoms with van der Waals surface area (Å²) < 4.78 is 0. The second-order valence-electron chi connectivity index (χ2n) is 6.70. The highest BCUT2D eigenvalue weighted by molar-refractivity contribution is 6.08. The van der Waals surface area contributed by atoms with E-state index in [-0.39, 0.29) is 17.3 Å². The normalized spacial score (nSPS) is 12.9. The first-order valence-electron chi connectivity index (χ1n) is 7.87. The van der Waals surface area contributed by atoms with Crippen LogP contribution in [0.3, 0.4) is 0 Å². The maximum absolute atomic E-state index is 12.4. The van der Waals surface area contributed by atoms with Gasteiger partial charge >= 0.3 is 0 Å². The summed E-state index contributed by atoms with van der Waals surface area (Å²) in [6, 6.07) is 17.0. The van der Waals surface area contributed by atoms with Crippen LogP contribution in [0, 0.1) is 0 Å². The maximum Gasteiger partial charge on any atom is 0.193 e. The maximum atomic E-state index is 12.4. The van der Waals surface area contributed by atoms with Crippen molar-refractivity contribution in [2.75, 3.05) is 6.61 Å². The van der Waals surface area contributed by atoms with Gasteiger partial charge in [-0.05, 0) is 26.3 Å². The van der Waals surface area contributed by atoms with Crippen LogP contribution in [0.15, 0.2) is 54.6 Å². The van der Waals surface area contributed by atoms with Crippen molar-refractivity contribution in [3.63, 3.8) is 0 Å². The van der Waals surface area contributed by atoms with Crippen LogP contribution in [0.25, 0.3) is 0 Å². The number of carbonyl (C=O) groups is 1. The molecule has 2 aromatic carbocycles. The predicted molar refractivity (Wildman–Crippen MR) is 91.5 cm³/mol. The summed E-state index contributed by atoms with van der Waals surface area (Å²) in [6.45, 7) is 8.38. The molecule has 0 spiro atoms. The van der Waals surface area contributed by atoms with Gasteiger partial charge in [-0.25, -0.2) is 9.78 Å². The van der Waals surface area contributed by atoms with E-state index in [1.165, 1.54) is 0 Å². The molecule has 0 amide bonds. The molecule has 2 rings (SSSR count). The van der Waals surface area contributed by atoms with E-state index in [9.17, 15) is 4.79 Å². The van der Waals surface area contributed by atoms with Crippen molar-refractivity contribution >= 4 is 5.78 Å². The van der Waals surface area contributed by atoms with Gasteiger partial charge < -0.3 is 0 Å². The molecule has 0 radical (unpaired) electrons. The summed E-state index contributed by atoms with van der Waals surface area (Å²) in [6.07, 6.45) is 0. The molecule has 0 saturated heterocycles. The third kappa shape index (κ3) is 5.31. The lowest BCUT2D eigenvalue weighted by molar-refractivity contribution is -0.350. The molecule has 2 aromatic rings. The molecule has 0 aliphatic rings. The lowest BCUT2D eigenvalue weighted by atomic mass is 9.97. The van der Waals surface area contributed by atoms with Gasteiger partial charge in [0.05, 0.1) is 12.2 Å². The van der Waals surface area contributed by atoms with E-state index in [0.717, 1.165) is 5.56 Å². The van der Waals surface area contributed by atoms with Crippen molar-refractivity contribution in [1.29, 1.82) is 0 Å². The number of ketones is 1. The minimum Gasteiger partial charge on any atom is -0.289 e. The Kier molecular flexibility index (Phi) is 5.69. The molecule has 0 aromatic heterocycles. The van der Waals surface area contributed by atoms with Crippen molar-refractivity contribution in [1.82, 2.24) is 0 Å². The first-order valence-corrected chi connectivity index (χ1v) is 7.87. The molecule has 0 N–H and O–H groups in total. The zero-order valence-electron chi connectivity index (χ0n) is 14.2. The van der Waals surface area contributed by atoms with E-state index in [4.69, 9.17) is 9.78 Å². The molecule has 1 atom stereocenters. The number of hydrogen-bond donors (Lipinski definition) is 0. The smallest absolute Gasteiger partial charge is 0.193 e. The first kappa shape index (κ1) is 17.4. The molecular formula is C20H24O3. The lowest BCUT2D eigenvalue weighted by Crippen LogP contribution is -2.20. The quantitative estimate of drug-likeness (QED) is 0.438. The molecule has 3 nitrogen and oxygen atoms in total. The summed E-state index contributed by atoms with van der Waals surface area (Å²) in [5.74, 6) is 0.232. The van der Waals surface area contributed by atoms with Gasteiger partial charge in [0.15, 0.2) is 5.78 Å². The van der Waals surface area contributed by atoms with Gasteiger partial charge in [0.25, 0.3) is 0 Å².